The highest BCUT2D eigenvalue weighted by Crippen LogP contribution is 2.15. The highest BCUT2D eigenvalue weighted by molar-refractivity contribution is 9.10. The van der Waals surface area contributed by atoms with Crippen LogP contribution in [0.5, 0.6) is 5.75 Å². The van der Waals surface area contributed by atoms with Crippen LogP contribution in [-0.4, -0.2) is 55.6 Å². The molecule has 138 valence electrons. The minimum Gasteiger partial charge on any atom is -0.492 e. The van der Waals surface area contributed by atoms with Gasteiger partial charge in [-0.15, -0.1) is 0 Å². The third-order valence-electron chi connectivity index (χ3n) is 3.97. The highest BCUT2D eigenvalue weighted by atomic mass is 79.9. The number of nitrogens with one attached hydrogen (secondary N) is 2. The van der Waals surface area contributed by atoms with E-state index < -0.39 is 0 Å². The van der Waals surface area contributed by atoms with Crippen LogP contribution in [0.2, 0.25) is 0 Å². The van der Waals surface area contributed by atoms with E-state index in [2.05, 4.69) is 31.6 Å². The van der Waals surface area contributed by atoms with E-state index in [0.717, 1.165) is 42.2 Å². The highest BCUT2D eigenvalue weighted by Gasteiger charge is 2.25. The zero-order valence-corrected chi connectivity index (χ0v) is 16.5. The van der Waals surface area contributed by atoms with Crippen LogP contribution < -0.4 is 15.4 Å². The van der Waals surface area contributed by atoms with Crippen LogP contribution in [0.3, 0.4) is 0 Å². The first-order valence-electron chi connectivity index (χ1n) is 8.83. The molecule has 0 aliphatic carbocycles. The summed E-state index contributed by atoms with van der Waals surface area (Å²) < 4.78 is 6.72. The van der Waals surface area contributed by atoms with Gasteiger partial charge in [-0.25, -0.2) is 4.99 Å². The van der Waals surface area contributed by atoms with E-state index in [4.69, 9.17) is 4.74 Å². The number of ether oxygens (including phenoxy) is 1. The fraction of sp³-hybridized carbons (Fsp3) is 0.556. The average Bonchev–Trinajstić information content (AvgIpc) is 3.08. The Kier molecular flexibility index (Phi) is 8.04. The van der Waals surface area contributed by atoms with Crippen LogP contribution in [0.4, 0.5) is 0 Å². The van der Waals surface area contributed by atoms with Crippen molar-refractivity contribution in [3.8, 4) is 5.75 Å². The number of carbonyl (C=O) groups excluding carboxylic acids is 1. The summed E-state index contributed by atoms with van der Waals surface area (Å²) in [5.41, 5.74) is 0. The molecule has 1 amide bonds. The van der Waals surface area contributed by atoms with Gasteiger partial charge in [0.15, 0.2) is 5.96 Å². The van der Waals surface area contributed by atoms with Crippen LogP contribution in [0.25, 0.3) is 0 Å². The number of benzene rings is 1. The van der Waals surface area contributed by atoms with Crippen molar-refractivity contribution in [2.45, 2.75) is 32.7 Å². The lowest BCUT2D eigenvalue weighted by Crippen LogP contribution is -2.45. The number of likely N-dealkylation sites (tertiary alicyclic amines) is 1. The Morgan fingerprint density at radius 2 is 2.12 bits per heavy atom. The Morgan fingerprint density at radius 1 is 1.36 bits per heavy atom. The van der Waals surface area contributed by atoms with Gasteiger partial charge in [-0.1, -0.05) is 22.9 Å². The van der Waals surface area contributed by atoms with Gasteiger partial charge in [0.05, 0.1) is 6.54 Å². The van der Waals surface area contributed by atoms with Crippen LogP contribution in [0.15, 0.2) is 33.7 Å². The standard InChI is InChI=1S/C18H27BrN4O2/c1-3-17(24)23-11-9-15(13-23)22-18(20-4-2)21-10-12-25-16-7-5-14(19)6-8-16/h5-8,15H,3-4,9-13H2,1-2H3,(H2,20,21,22). The number of halogens is 1. The SMILES string of the molecule is CCNC(=NCCOc1ccc(Br)cc1)NC1CCN(C(=O)CC)C1. The number of hydrogen-bond donors (Lipinski definition) is 2. The smallest absolute Gasteiger partial charge is 0.222 e. The van der Waals surface area contributed by atoms with Gasteiger partial charge in [-0.3, -0.25) is 4.79 Å². The summed E-state index contributed by atoms with van der Waals surface area (Å²) >= 11 is 3.40. The second-order valence-electron chi connectivity index (χ2n) is 5.89. The second kappa shape index (κ2) is 10.3. The van der Waals surface area contributed by atoms with Crippen molar-refractivity contribution in [3.63, 3.8) is 0 Å². The Labute approximate surface area is 158 Å². The molecule has 2 N–H and O–H groups in total. The van der Waals surface area contributed by atoms with Crippen LogP contribution in [0, 0.1) is 0 Å². The van der Waals surface area contributed by atoms with Crippen molar-refractivity contribution in [2.75, 3.05) is 32.8 Å². The van der Waals surface area contributed by atoms with Crippen molar-refractivity contribution in [3.05, 3.63) is 28.7 Å². The van der Waals surface area contributed by atoms with Gasteiger partial charge in [-0.05, 0) is 37.6 Å². The molecule has 25 heavy (non-hydrogen) atoms. The Bertz CT molecular complexity index is 577. The summed E-state index contributed by atoms with van der Waals surface area (Å²) in [7, 11) is 0. The molecular weight excluding hydrogens is 384 g/mol. The maximum absolute atomic E-state index is 11.8. The fourth-order valence-corrected chi connectivity index (χ4v) is 2.96. The van der Waals surface area contributed by atoms with Gasteiger partial charge in [0, 0.05) is 36.6 Å². The molecule has 1 aliphatic rings. The number of amides is 1. The molecule has 6 nitrogen and oxygen atoms in total. The molecule has 1 heterocycles. The second-order valence-corrected chi connectivity index (χ2v) is 6.80. The number of rotatable bonds is 7. The van der Waals surface area contributed by atoms with Crippen molar-refractivity contribution in [2.24, 2.45) is 4.99 Å². The van der Waals surface area contributed by atoms with E-state index >= 15 is 0 Å². The summed E-state index contributed by atoms with van der Waals surface area (Å²) in [6.07, 6.45) is 1.51. The molecule has 0 spiro atoms. The number of hydrogen-bond acceptors (Lipinski definition) is 3. The number of carbonyl (C=O) groups is 1. The lowest BCUT2D eigenvalue weighted by Gasteiger charge is -2.18. The predicted molar refractivity (Wildman–Crippen MR) is 104 cm³/mol. The third-order valence-corrected chi connectivity index (χ3v) is 4.50. The summed E-state index contributed by atoms with van der Waals surface area (Å²) in [5, 5.41) is 6.66. The first kappa shape index (κ1) is 19.6. The van der Waals surface area contributed by atoms with E-state index in [0.29, 0.717) is 19.6 Å². The quantitative estimate of drug-likeness (QED) is 0.411. The van der Waals surface area contributed by atoms with Gasteiger partial charge in [0.2, 0.25) is 5.91 Å². The van der Waals surface area contributed by atoms with Gasteiger partial charge in [0.25, 0.3) is 0 Å². The van der Waals surface area contributed by atoms with Gasteiger partial charge in [0.1, 0.15) is 12.4 Å². The minimum absolute atomic E-state index is 0.217. The molecule has 0 radical (unpaired) electrons. The maximum Gasteiger partial charge on any atom is 0.222 e. The fourth-order valence-electron chi connectivity index (χ4n) is 2.69. The van der Waals surface area contributed by atoms with Crippen molar-refractivity contribution in [1.82, 2.24) is 15.5 Å². The molecule has 1 aromatic rings. The molecule has 1 fully saturated rings. The molecule has 1 aromatic carbocycles. The van der Waals surface area contributed by atoms with Crippen LogP contribution in [-0.2, 0) is 4.79 Å². The van der Waals surface area contributed by atoms with Crippen LogP contribution in [0.1, 0.15) is 26.7 Å². The first-order chi connectivity index (χ1) is 12.1. The molecule has 1 atom stereocenters. The van der Waals surface area contributed by atoms with Crippen molar-refractivity contribution >= 4 is 27.8 Å². The largest absolute Gasteiger partial charge is 0.492 e. The number of nitrogens with zero attached hydrogens (tertiary/aromatic N) is 2. The monoisotopic (exact) mass is 410 g/mol. The molecule has 1 aliphatic heterocycles. The van der Waals surface area contributed by atoms with Gasteiger partial charge >= 0.3 is 0 Å². The normalized spacial score (nSPS) is 17.5. The zero-order chi connectivity index (χ0) is 18.1. The number of aliphatic imine (C=N–C) groups is 1. The lowest BCUT2D eigenvalue weighted by atomic mass is 10.3. The Morgan fingerprint density at radius 3 is 2.80 bits per heavy atom. The van der Waals surface area contributed by atoms with E-state index in [9.17, 15) is 4.79 Å². The van der Waals surface area contributed by atoms with E-state index in [1.807, 2.05) is 43.0 Å². The Hall–Kier alpha value is -1.76. The summed E-state index contributed by atoms with van der Waals surface area (Å²) in [5.74, 6) is 1.83. The summed E-state index contributed by atoms with van der Waals surface area (Å²) in [6, 6.07) is 8.01. The topological polar surface area (TPSA) is 66.0 Å². The van der Waals surface area contributed by atoms with E-state index in [1.54, 1.807) is 0 Å². The first-order valence-corrected chi connectivity index (χ1v) is 9.62. The van der Waals surface area contributed by atoms with E-state index in [-0.39, 0.29) is 11.9 Å². The molecule has 0 saturated carbocycles. The van der Waals surface area contributed by atoms with Gasteiger partial charge < -0.3 is 20.3 Å². The molecule has 7 heteroatoms. The number of guanidine groups is 1. The molecule has 0 bridgehead atoms. The van der Waals surface area contributed by atoms with Crippen molar-refractivity contribution < 1.29 is 9.53 Å². The summed E-state index contributed by atoms with van der Waals surface area (Å²) in [6.45, 7) is 7.38. The average molecular weight is 411 g/mol. The molecule has 2 rings (SSSR count). The molecular formula is C18H27BrN4O2. The Balaban J connectivity index is 1.78. The van der Waals surface area contributed by atoms with Crippen LogP contribution >= 0.6 is 15.9 Å². The molecule has 1 unspecified atom stereocenters. The third kappa shape index (κ3) is 6.57. The van der Waals surface area contributed by atoms with E-state index in [1.165, 1.54) is 0 Å². The minimum atomic E-state index is 0.217. The molecule has 0 aromatic heterocycles. The zero-order valence-electron chi connectivity index (χ0n) is 14.9. The van der Waals surface area contributed by atoms with Gasteiger partial charge in [-0.2, -0.15) is 0 Å². The lowest BCUT2D eigenvalue weighted by molar-refractivity contribution is -0.129. The summed E-state index contributed by atoms with van der Waals surface area (Å²) in [4.78, 5) is 18.2. The van der Waals surface area contributed by atoms with Crippen molar-refractivity contribution in [1.29, 1.82) is 0 Å². The maximum atomic E-state index is 11.8. The molecule has 1 saturated heterocycles. The predicted octanol–water partition coefficient (Wildman–Crippen LogP) is 2.39.